The highest BCUT2D eigenvalue weighted by Gasteiger charge is 2.10. The van der Waals surface area contributed by atoms with Gasteiger partial charge in [0.15, 0.2) is 11.5 Å². The number of benzene rings is 2. The van der Waals surface area contributed by atoms with Crippen molar-refractivity contribution in [2.24, 2.45) is 5.10 Å². The molecule has 0 saturated heterocycles. The van der Waals surface area contributed by atoms with E-state index in [2.05, 4.69) is 10.5 Å². The molecule has 2 aromatic rings. The third kappa shape index (κ3) is 5.04. The zero-order chi connectivity index (χ0) is 18.9. The van der Waals surface area contributed by atoms with E-state index in [-0.39, 0.29) is 11.3 Å². The second-order valence-corrected chi connectivity index (χ2v) is 5.08. The molecule has 0 bridgehead atoms. The predicted molar refractivity (Wildman–Crippen MR) is 96.9 cm³/mol. The normalized spacial score (nSPS) is 10.5. The largest absolute Gasteiger partial charge is 0.490 e. The van der Waals surface area contributed by atoms with Crippen molar-refractivity contribution in [1.82, 2.24) is 5.43 Å². The van der Waals surface area contributed by atoms with Gasteiger partial charge >= 0.3 is 0 Å². The zero-order valence-electron chi connectivity index (χ0n) is 14.5. The van der Waals surface area contributed by atoms with E-state index in [1.165, 1.54) is 30.5 Å². The number of rotatable bonds is 8. The van der Waals surface area contributed by atoms with Crippen LogP contribution in [0.2, 0.25) is 0 Å². The summed E-state index contributed by atoms with van der Waals surface area (Å²) in [5.41, 5.74) is 3.04. The maximum Gasteiger partial charge on any atom is 0.271 e. The Bertz CT molecular complexity index is 820. The number of carbonyl (C=O) groups excluding carboxylic acids is 1. The first kappa shape index (κ1) is 18.9. The molecule has 0 aliphatic carbocycles. The third-order valence-corrected chi connectivity index (χ3v) is 3.27. The van der Waals surface area contributed by atoms with Crippen LogP contribution in [0.15, 0.2) is 47.6 Å². The van der Waals surface area contributed by atoms with Crippen molar-refractivity contribution >= 4 is 17.8 Å². The van der Waals surface area contributed by atoms with Gasteiger partial charge in [-0.2, -0.15) is 5.10 Å². The van der Waals surface area contributed by atoms with Crippen molar-refractivity contribution in [1.29, 1.82) is 0 Å². The van der Waals surface area contributed by atoms with Gasteiger partial charge in [-0.1, -0.05) is 6.07 Å². The Morgan fingerprint density at radius 2 is 1.88 bits per heavy atom. The summed E-state index contributed by atoms with van der Waals surface area (Å²) in [7, 11) is 0. The number of nitro benzene ring substituents is 1. The smallest absolute Gasteiger partial charge is 0.271 e. The first-order valence-electron chi connectivity index (χ1n) is 8.02. The second-order valence-electron chi connectivity index (χ2n) is 5.08. The van der Waals surface area contributed by atoms with Crippen molar-refractivity contribution in [3.63, 3.8) is 0 Å². The molecule has 0 saturated carbocycles. The highest BCUT2D eigenvalue weighted by molar-refractivity contribution is 5.95. The summed E-state index contributed by atoms with van der Waals surface area (Å²) < 4.78 is 11.0. The number of ether oxygens (including phenoxy) is 2. The molecule has 0 spiro atoms. The first-order valence-corrected chi connectivity index (χ1v) is 8.02. The van der Waals surface area contributed by atoms with Crippen LogP contribution in [0.25, 0.3) is 0 Å². The van der Waals surface area contributed by atoms with Gasteiger partial charge in [0.1, 0.15) is 0 Å². The number of carbonyl (C=O) groups is 1. The SMILES string of the molecule is CCOc1ccc(/C=N\NC(=O)c2cccc([N+](=O)[O-])c2)cc1OCC. The minimum Gasteiger partial charge on any atom is -0.490 e. The molecule has 2 rings (SSSR count). The highest BCUT2D eigenvalue weighted by atomic mass is 16.6. The van der Waals surface area contributed by atoms with Crippen molar-refractivity contribution in [2.75, 3.05) is 13.2 Å². The van der Waals surface area contributed by atoms with Crippen LogP contribution in [-0.2, 0) is 0 Å². The molecule has 2 aromatic carbocycles. The molecule has 136 valence electrons. The van der Waals surface area contributed by atoms with Crippen LogP contribution < -0.4 is 14.9 Å². The molecular formula is C18H19N3O5. The lowest BCUT2D eigenvalue weighted by molar-refractivity contribution is -0.384. The van der Waals surface area contributed by atoms with Crippen LogP contribution in [0.4, 0.5) is 5.69 Å². The topological polar surface area (TPSA) is 103 Å². The lowest BCUT2D eigenvalue weighted by atomic mass is 10.2. The molecule has 0 heterocycles. The number of non-ortho nitro benzene ring substituents is 1. The summed E-state index contributed by atoms with van der Waals surface area (Å²) in [6.07, 6.45) is 1.45. The fourth-order valence-corrected chi connectivity index (χ4v) is 2.14. The van der Waals surface area contributed by atoms with Crippen LogP contribution >= 0.6 is 0 Å². The van der Waals surface area contributed by atoms with E-state index in [4.69, 9.17) is 9.47 Å². The molecule has 0 aromatic heterocycles. The second kappa shape index (κ2) is 9.16. The molecule has 8 heteroatoms. The van der Waals surface area contributed by atoms with E-state index in [0.717, 1.165) is 0 Å². The number of hydrogen-bond donors (Lipinski definition) is 1. The summed E-state index contributed by atoms with van der Waals surface area (Å²) in [5.74, 6) is 0.677. The van der Waals surface area contributed by atoms with Gasteiger partial charge in [0.25, 0.3) is 11.6 Å². The first-order chi connectivity index (χ1) is 12.5. The summed E-state index contributed by atoms with van der Waals surface area (Å²) in [4.78, 5) is 22.2. The Balaban J connectivity index is 2.07. The molecule has 0 aliphatic heterocycles. The molecule has 26 heavy (non-hydrogen) atoms. The number of nitrogens with one attached hydrogen (secondary N) is 1. The molecule has 8 nitrogen and oxygen atoms in total. The van der Waals surface area contributed by atoms with Crippen molar-refractivity contribution in [2.45, 2.75) is 13.8 Å². The van der Waals surface area contributed by atoms with E-state index >= 15 is 0 Å². The van der Waals surface area contributed by atoms with Gasteiger partial charge in [-0.15, -0.1) is 0 Å². The summed E-state index contributed by atoms with van der Waals surface area (Å²) >= 11 is 0. The van der Waals surface area contributed by atoms with Crippen LogP contribution in [0.3, 0.4) is 0 Å². The van der Waals surface area contributed by atoms with Crippen molar-refractivity contribution < 1.29 is 19.2 Å². The Labute approximate surface area is 150 Å². The van der Waals surface area contributed by atoms with Crippen LogP contribution in [-0.4, -0.2) is 30.3 Å². The van der Waals surface area contributed by atoms with E-state index < -0.39 is 10.8 Å². The summed E-state index contributed by atoms with van der Waals surface area (Å²) in [5, 5.41) is 14.6. The Morgan fingerprint density at radius 3 is 2.58 bits per heavy atom. The predicted octanol–water partition coefficient (Wildman–Crippen LogP) is 3.16. The maximum absolute atomic E-state index is 12.0. The Kier molecular flexibility index (Phi) is 6.67. The average Bonchev–Trinajstić information content (AvgIpc) is 2.64. The number of amides is 1. The maximum atomic E-state index is 12.0. The Hall–Kier alpha value is -3.42. The van der Waals surface area contributed by atoms with Gasteiger partial charge in [0.2, 0.25) is 0 Å². The van der Waals surface area contributed by atoms with Gasteiger partial charge in [0.05, 0.1) is 24.4 Å². The zero-order valence-corrected chi connectivity index (χ0v) is 14.5. The van der Waals surface area contributed by atoms with Crippen molar-refractivity contribution in [3.8, 4) is 11.5 Å². The number of hydrazone groups is 1. The molecule has 1 amide bonds. The third-order valence-electron chi connectivity index (χ3n) is 3.27. The van der Waals surface area contributed by atoms with E-state index in [1.54, 1.807) is 18.2 Å². The highest BCUT2D eigenvalue weighted by Crippen LogP contribution is 2.27. The van der Waals surface area contributed by atoms with Crippen LogP contribution in [0.5, 0.6) is 11.5 Å². The molecule has 0 aliphatic rings. The number of hydrogen-bond acceptors (Lipinski definition) is 6. The minimum absolute atomic E-state index is 0.151. The quantitative estimate of drug-likeness (QED) is 0.444. The van der Waals surface area contributed by atoms with Crippen LogP contribution in [0.1, 0.15) is 29.8 Å². The van der Waals surface area contributed by atoms with Crippen molar-refractivity contribution in [3.05, 3.63) is 63.7 Å². The standard InChI is InChI=1S/C18H19N3O5/c1-3-25-16-9-8-13(10-17(16)26-4-2)12-19-20-18(22)14-6-5-7-15(11-14)21(23)24/h5-12H,3-4H2,1-2H3,(H,20,22)/b19-12-. The number of nitrogens with zero attached hydrogens (tertiary/aromatic N) is 2. The molecule has 1 N–H and O–H groups in total. The number of nitro groups is 1. The van der Waals surface area contributed by atoms with Gasteiger partial charge < -0.3 is 9.47 Å². The van der Waals surface area contributed by atoms with Gasteiger partial charge in [-0.05, 0) is 43.7 Å². The lowest BCUT2D eigenvalue weighted by Gasteiger charge is -2.11. The van der Waals surface area contributed by atoms with E-state index in [1.807, 2.05) is 13.8 Å². The molecule has 0 unspecified atom stereocenters. The van der Waals surface area contributed by atoms with Crippen LogP contribution in [0, 0.1) is 10.1 Å². The Morgan fingerprint density at radius 1 is 1.15 bits per heavy atom. The molecule has 0 radical (unpaired) electrons. The van der Waals surface area contributed by atoms with Gasteiger partial charge in [0, 0.05) is 17.7 Å². The molecule has 0 fully saturated rings. The van der Waals surface area contributed by atoms with Gasteiger partial charge in [-0.25, -0.2) is 5.43 Å². The van der Waals surface area contributed by atoms with E-state index in [9.17, 15) is 14.9 Å². The van der Waals surface area contributed by atoms with E-state index in [0.29, 0.717) is 30.3 Å². The lowest BCUT2D eigenvalue weighted by Crippen LogP contribution is -2.17. The summed E-state index contributed by atoms with van der Waals surface area (Å²) in [6, 6.07) is 10.7. The monoisotopic (exact) mass is 357 g/mol. The molecular weight excluding hydrogens is 338 g/mol. The fourth-order valence-electron chi connectivity index (χ4n) is 2.14. The average molecular weight is 357 g/mol. The molecule has 0 atom stereocenters. The minimum atomic E-state index is -0.560. The van der Waals surface area contributed by atoms with Gasteiger partial charge in [-0.3, -0.25) is 14.9 Å². The summed E-state index contributed by atoms with van der Waals surface area (Å²) in [6.45, 7) is 4.77. The fraction of sp³-hybridized carbons (Fsp3) is 0.222.